The van der Waals surface area contributed by atoms with E-state index in [1.165, 1.54) is 16.5 Å². The van der Waals surface area contributed by atoms with E-state index >= 15 is 0 Å². The smallest absolute Gasteiger partial charge is 0.251 e. The first-order chi connectivity index (χ1) is 8.13. The number of aromatic amines is 2. The number of hydrogen-bond acceptors (Lipinski definition) is 3. The van der Waals surface area contributed by atoms with Crippen LogP contribution < -0.4 is 5.56 Å². The molecule has 0 bridgehead atoms. The predicted octanol–water partition coefficient (Wildman–Crippen LogP) is 3.03. The summed E-state index contributed by atoms with van der Waals surface area (Å²) in [6.45, 7) is 2.06. The summed E-state index contributed by atoms with van der Waals surface area (Å²) in [6.07, 6.45) is 0. The van der Waals surface area contributed by atoms with Crippen molar-refractivity contribution in [3.05, 3.63) is 56.7 Å². The van der Waals surface area contributed by atoms with Crippen LogP contribution in [0.25, 0.3) is 0 Å². The molecule has 88 valence electrons. The van der Waals surface area contributed by atoms with Crippen LogP contribution in [0.5, 0.6) is 0 Å². The Morgan fingerprint density at radius 1 is 1.24 bits per heavy atom. The van der Waals surface area contributed by atoms with Crippen LogP contribution in [-0.2, 0) is 5.75 Å². The molecule has 3 nitrogen and oxygen atoms in total. The molecule has 0 atom stereocenters. The number of nitrogens with one attached hydrogen (secondary N) is 2. The van der Waals surface area contributed by atoms with Crippen LogP contribution in [0, 0.1) is 11.7 Å². The molecular formula is C12H12N2OS2. The van der Waals surface area contributed by atoms with E-state index in [2.05, 4.69) is 41.2 Å². The fourth-order valence-electron chi connectivity index (χ4n) is 1.39. The SMILES string of the molecule is Cc1ccc(SCc2cc(=O)[nH]c(=S)[nH]2)cc1. The summed E-state index contributed by atoms with van der Waals surface area (Å²) in [7, 11) is 0. The number of aryl methyl sites for hydroxylation is 1. The molecule has 0 radical (unpaired) electrons. The van der Waals surface area contributed by atoms with E-state index in [9.17, 15) is 4.79 Å². The monoisotopic (exact) mass is 264 g/mol. The second kappa shape index (κ2) is 5.33. The van der Waals surface area contributed by atoms with Gasteiger partial charge in [0, 0.05) is 22.4 Å². The standard InChI is InChI=1S/C12H12N2OS2/c1-8-2-4-10(5-3-8)17-7-9-6-11(15)14-12(16)13-9/h2-6H,7H2,1H3,(H2,13,14,15,16). The highest BCUT2D eigenvalue weighted by Crippen LogP contribution is 2.21. The maximum atomic E-state index is 11.2. The first-order valence-electron chi connectivity index (χ1n) is 5.15. The van der Waals surface area contributed by atoms with Crippen LogP contribution in [0.3, 0.4) is 0 Å². The predicted molar refractivity (Wildman–Crippen MR) is 73.0 cm³/mol. The van der Waals surface area contributed by atoms with Crippen molar-refractivity contribution in [3.8, 4) is 0 Å². The second-order valence-corrected chi connectivity index (χ2v) is 5.17. The van der Waals surface area contributed by atoms with Gasteiger partial charge in [0.05, 0.1) is 0 Å². The third kappa shape index (κ3) is 3.57. The Morgan fingerprint density at radius 2 is 1.94 bits per heavy atom. The van der Waals surface area contributed by atoms with Crippen LogP contribution in [0.1, 0.15) is 11.3 Å². The summed E-state index contributed by atoms with van der Waals surface area (Å²) >= 11 is 6.58. The zero-order valence-electron chi connectivity index (χ0n) is 9.32. The Hall–Kier alpha value is -1.33. The fourth-order valence-corrected chi connectivity index (χ4v) is 2.43. The van der Waals surface area contributed by atoms with Gasteiger partial charge in [0.15, 0.2) is 4.77 Å². The van der Waals surface area contributed by atoms with Crippen molar-refractivity contribution in [1.29, 1.82) is 0 Å². The molecule has 2 rings (SSSR count). The maximum absolute atomic E-state index is 11.2. The van der Waals surface area contributed by atoms with Gasteiger partial charge < -0.3 is 4.98 Å². The molecule has 1 aromatic carbocycles. The largest absolute Gasteiger partial charge is 0.335 e. The Bertz CT molecular complexity index is 585. The van der Waals surface area contributed by atoms with Crippen LogP contribution >= 0.6 is 24.0 Å². The highest BCUT2D eigenvalue weighted by Gasteiger charge is 1.98. The summed E-state index contributed by atoms with van der Waals surface area (Å²) in [5, 5.41) is 0. The average Bonchev–Trinajstić information content (AvgIpc) is 2.27. The minimum Gasteiger partial charge on any atom is -0.335 e. The van der Waals surface area contributed by atoms with E-state index in [1.54, 1.807) is 11.8 Å². The Morgan fingerprint density at radius 3 is 2.59 bits per heavy atom. The van der Waals surface area contributed by atoms with Gasteiger partial charge in [-0.25, -0.2) is 0 Å². The molecule has 0 aliphatic rings. The maximum Gasteiger partial charge on any atom is 0.251 e. The van der Waals surface area contributed by atoms with Crippen LogP contribution in [0.4, 0.5) is 0 Å². The molecule has 0 amide bonds. The first kappa shape index (κ1) is 12.1. The minimum absolute atomic E-state index is 0.159. The van der Waals surface area contributed by atoms with Crippen LogP contribution in [0.2, 0.25) is 0 Å². The van der Waals surface area contributed by atoms with Gasteiger partial charge in [-0.1, -0.05) is 17.7 Å². The molecule has 2 N–H and O–H groups in total. The van der Waals surface area contributed by atoms with Crippen molar-refractivity contribution >= 4 is 24.0 Å². The summed E-state index contributed by atoms with van der Waals surface area (Å²) in [5.74, 6) is 0.705. The Balaban J connectivity index is 2.09. The van der Waals surface area contributed by atoms with Gasteiger partial charge in [-0.05, 0) is 31.3 Å². The van der Waals surface area contributed by atoms with Gasteiger partial charge in [-0.2, -0.15) is 0 Å². The molecule has 0 fully saturated rings. The Labute approximate surface area is 108 Å². The number of benzene rings is 1. The van der Waals surface area contributed by atoms with E-state index in [4.69, 9.17) is 12.2 Å². The second-order valence-electron chi connectivity index (χ2n) is 3.71. The molecule has 2 aromatic rings. The van der Waals surface area contributed by atoms with Gasteiger partial charge in [0.1, 0.15) is 0 Å². The summed E-state index contributed by atoms with van der Waals surface area (Å²) in [6, 6.07) is 9.82. The molecule has 0 spiro atoms. The number of hydrogen-bond donors (Lipinski definition) is 2. The first-order valence-corrected chi connectivity index (χ1v) is 6.55. The van der Waals surface area contributed by atoms with Crippen molar-refractivity contribution in [3.63, 3.8) is 0 Å². The third-order valence-electron chi connectivity index (χ3n) is 2.23. The number of H-pyrrole nitrogens is 2. The van der Waals surface area contributed by atoms with E-state index in [-0.39, 0.29) is 5.56 Å². The van der Waals surface area contributed by atoms with Gasteiger partial charge in [0.25, 0.3) is 5.56 Å². The van der Waals surface area contributed by atoms with Crippen molar-refractivity contribution < 1.29 is 0 Å². The number of thioether (sulfide) groups is 1. The van der Waals surface area contributed by atoms with Crippen molar-refractivity contribution in [2.45, 2.75) is 17.6 Å². The number of rotatable bonds is 3. The van der Waals surface area contributed by atoms with Crippen molar-refractivity contribution in [2.24, 2.45) is 0 Å². The molecular weight excluding hydrogens is 252 g/mol. The molecule has 0 aliphatic carbocycles. The lowest BCUT2D eigenvalue weighted by molar-refractivity contribution is 1.03. The van der Waals surface area contributed by atoms with E-state index in [0.717, 1.165) is 5.69 Å². The Kier molecular flexibility index (Phi) is 3.81. The van der Waals surface area contributed by atoms with Crippen LogP contribution in [0.15, 0.2) is 40.0 Å². The fraction of sp³-hybridized carbons (Fsp3) is 0.167. The van der Waals surface area contributed by atoms with Gasteiger partial charge in [-0.15, -0.1) is 11.8 Å². The summed E-state index contributed by atoms with van der Waals surface area (Å²) < 4.78 is 0.372. The third-order valence-corrected chi connectivity index (χ3v) is 3.50. The van der Waals surface area contributed by atoms with Crippen molar-refractivity contribution in [1.82, 2.24) is 9.97 Å². The summed E-state index contributed by atoms with van der Waals surface area (Å²) in [4.78, 5) is 17.9. The van der Waals surface area contributed by atoms with E-state index in [0.29, 0.717) is 10.5 Å². The molecule has 0 unspecified atom stereocenters. The highest BCUT2D eigenvalue weighted by molar-refractivity contribution is 7.98. The lowest BCUT2D eigenvalue weighted by atomic mass is 10.2. The molecule has 17 heavy (non-hydrogen) atoms. The van der Waals surface area contributed by atoms with Gasteiger partial charge >= 0.3 is 0 Å². The van der Waals surface area contributed by atoms with E-state index in [1.807, 2.05) is 0 Å². The normalized spacial score (nSPS) is 10.4. The van der Waals surface area contributed by atoms with Gasteiger partial charge in [-0.3, -0.25) is 9.78 Å². The van der Waals surface area contributed by atoms with E-state index < -0.39 is 0 Å². The quantitative estimate of drug-likeness (QED) is 0.662. The molecule has 5 heteroatoms. The number of aromatic nitrogens is 2. The topological polar surface area (TPSA) is 48.6 Å². The summed E-state index contributed by atoms with van der Waals surface area (Å²) in [5.41, 5.74) is 1.92. The molecule has 0 aliphatic heterocycles. The lowest BCUT2D eigenvalue weighted by Crippen LogP contribution is -2.07. The van der Waals surface area contributed by atoms with Gasteiger partial charge in [0.2, 0.25) is 0 Å². The lowest BCUT2D eigenvalue weighted by Gasteiger charge is -2.02. The molecule has 0 saturated heterocycles. The van der Waals surface area contributed by atoms with Crippen molar-refractivity contribution in [2.75, 3.05) is 0 Å². The molecule has 1 heterocycles. The average molecular weight is 264 g/mol. The molecule has 0 saturated carbocycles. The molecule has 1 aromatic heterocycles. The highest BCUT2D eigenvalue weighted by atomic mass is 32.2. The zero-order chi connectivity index (χ0) is 12.3. The zero-order valence-corrected chi connectivity index (χ0v) is 11.0. The minimum atomic E-state index is -0.159. The van der Waals surface area contributed by atoms with Crippen LogP contribution in [-0.4, -0.2) is 9.97 Å².